The standard InChI is InChI=1S/C25H42O3/c1-17(6-5-14-26)21-7-8-22-18(2)23(10-13-25(21,22)4)24(3)12-9-20(28)16-19(24)11-15-27/h14-15,17-23,28H,5-13,16H2,1-4H3/t17-,18?,19?,20-,21-,22?,23?,24?,25?/m1/s1. The molecule has 0 heterocycles. The largest absolute Gasteiger partial charge is 0.393 e. The van der Waals surface area contributed by atoms with Gasteiger partial charge in [0, 0.05) is 12.8 Å². The summed E-state index contributed by atoms with van der Waals surface area (Å²) in [6.07, 6.45) is 12.2. The lowest BCUT2D eigenvalue weighted by Gasteiger charge is -2.57. The van der Waals surface area contributed by atoms with E-state index in [1.54, 1.807) is 0 Å². The van der Waals surface area contributed by atoms with Crippen LogP contribution in [0.15, 0.2) is 0 Å². The Morgan fingerprint density at radius 1 is 1.00 bits per heavy atom. The molecule has 0 aromatic rings. The number of fused-ring (bicyclic) bond motifs is 1. The van der Waals surface area contributed by atoms with Gasteiger partial charge in [-0.05, 0) is 97.7 Å². The SMILES string of the molecule is CC1C(C2(C)CC[C@@H](O)CC2CC=O)CCC2(C)C1CC[C@@H]2[C@H](C)CCC=O. The minimum Gasteiger partial charge on any atom is -0.393 e. The monoisotopic (exact) mass is 390 g/mol. The van der Waals surface area contributed by atoms with Crippen LogP contribution in [0.1, 0.15) is 91.9 Å². The van der Waals surface area contributed by atoms with Gasteiger partial charge >= 0.3 is 0 Å². The van der Waals surface area contributed by atoms with Crippen molar-refractivity contribution in [2.75, 3.05) is 0 Å². The second kappa shape index (κ2) is 8.58. The smallest absolute Gasteiger partial charge is 0.120 e. The fraction of sp³-hybridized carbons (Fsp3) is 0.920. The zero-order valence-corrected chi connectivity index (χ0v) is 18.5. The Bertz CT molecular complexity index is 560. The second-order valence-corrected chi connectivity index (χ2v) is 11.1. The van der Waals surface area contributed by atoms with E-state index >= 15 is 0 Å². The van der Waals surface area contributed by atoms with Crippen LogP contribution in [0.5, 0.6) is 0 Å². The van der Waals surface area contributed by atoms with Gasteiger partial charge in [-0.2, -0.15) is 0 Å². The summed E-state index contributed by atoms with van der Waals surface area (Å²) in [5, 5.41) is 10.2. The molecule has 0 bridgehead atoms. The fourth-order valence-electron chi connectivity index (χ4n) is 8.30. The van der Waals surface area contributed by atoms with Crippen LogP contribution >= 0.6 is 0 Å². The van der Waals surface area contributed by atoms with Gasteiger partial charge in [0.15, 0.2) is 0 Å². The van der Waals surface area contributed by atoms with E-state index in [4.69, 9.17) is 0 Å². The Morgan fingerprint density at radius 2 is 1.68 bits per heavy atom. The molecule has 0 spiro atoms. The van der Waals surface area contributed by atoms with E-state index in [-0.39, 0.29) is 11.5 Å². The maximum absolute atomic E-state index is 11.4. The molecule has 0 aliphatic heterocycles. The van der Waals surface area contributed by atoms with Gasteiger partial charge in [0.1, 0.15) is 12.6 Å². The molecule has 0 aromatic carbocycles. The van der Waals surface area contributed by atoms with Gasteiger partial charge in [-0.15, -0.1) is 0 Å². The van der Waals surface area contributed by atoms with Crippen LogP contribution < -0.4 is 0 Å². The molecule has 3 saturated carbocycles. The summed E-state index contributed by atoms with van der Waals surface area (Å²) in [5.74, 6) is 3.80. The number of aliphatic hydroxyl groups excluding tert-OH is 1. The molecule has 3 heteroatoms. The summed E-state index contributed by atoms with van der Waals surface area (Å²) in [6, 6.07) is 0. The molecular formula is C25H42O3. The van der Waals surface area contributed by atoms with Crippen molar-refractivity contribution in [1.29, 1.82) is 0 Å². The van der Waals surface area contributed by atoms with Gasteiger partial charge in [0.25, 0.3) is 0 Å². The highest BCUT2D eigenvalue weighted by Gasteiger charge is 2.57. The maximum atomic E-state index is 11.4. The average molecular weight is 391 g/mol. The van der Waals surface area contributed by atoms with Crippen LogP contribution in [0.3, 0.4) is 0 Å². The molecule has 3 nitrogen and oxygen atoms in total. The van der Waals surface area contributed by atoms with Crippen molar-refractivity contribution in [3.05, 3.63) is 0 Å². The normalized spacial score (nSPS) is 47.3. The van der Waals surface area contributed by atoms with Crippen LogP contribution in [0, 0.1) is 46.3 Å². The van der Waals surface area contributed by atoms with Crippen LogP contribution in [0.25, 0.3) is 0 Å². The first-order chi connectivity index (χ1) is 13.3. The second-order valence-electron chi connectivity index (χ2n) is 11.1. The molecule has 3 aliphatic carbocycles. The molecule has 1 N–H and O–H groups in total. The summed E-state index contributed by atoms with van der Waals surface area (Å²) in [5.41, 5.74) is 0.588. The first-order valence-corrected chi connectivity index (χ1v) is 11.8. The highest BCUT2D eigenvalue weighted by atomic mass is 16.3. The third-order valence-corrected chi connectivity index (χ3v) is 9.91. The van der Waals surface area contributed by atoms with E-state index in [0.717, 1.165) is 50.1 Å². The third kappa shape index (κ3) is 3.73. The van der Waals surface area contributed by atoms with E-state index < -0.39 is 0 Å². The zero-order chi connectivity index (χ0) is 20.5. The van der Waals surface area contributed by atoms with E-state index in [2.05, 4.69) is 27.7 Å². The maximum Gasteiger partial charge on any atom is 0.120 e. The van der Waals surface area contributed by atoms with E-state index in [9.17, 15) is 14.7 Å². The van der Waals surface area contributed by atoms with Gasteiger partial charge in [-0.25, -0.2) is 0 Å². The fourth-order valence-corrected chi connectivity index (χ4v) is 8.30. The van der Waals surface area contributed by atoms with Crippen molar-refractivity contribution in [3.8, 4) is 0 Å². The molecule has 3 aliphatic rings. The number of rotatable bonds is 7. The predicted molar refractivity (Wildman–Crippen MR) is 113 cm³/mol. The first-order valence-electron chi connectivity index (χ1n) is 11.8. The minimum atomic E-state index is -0.225. The van der Waals surface area contributed by atoms with Gasteiger partial charge in [0.2, 0.25) is 0 Å². The predicted octanol–water partition coefficient (Wildman–Crippen LogP) is 5.44. The Balaban J connectivity index is 1.78. The lowest BCUT2D eigenvalue weighted by atomic mass is 9.48. The number of carbonyl (C=O) groups is 2. The molecular weight excluding hydrogens is 348 g/mol. The number of hydrogen-bond donors (Lipinski definition) is 1. The Labute approximate surface area is 172 Å². The number of aliphatic hydroxyl groups is 1. The van der Waals surface area contributed by atoms with Crippen LogP contribution in [0.2, 0.25) is 0 Å². The molecule has 160 valence electrons. The van der Waals surface area contributed by atoms with Crippen molar-refractivity contribution >= 4 is 12.6 Å². The molecule has 0 amide bonds. The van der Waals surface area contributed by atoms with Crippen LogP contribution in [-0.2, 0) is 9.59 Å². The quantitative estimate of drug-likeness (QED) is 0.589. The molecule has 3 rings (SSSR count). The van der Waals surface area contributed by atoms with Gasteiger partial charge in [0.05, 0.1) is 6.10 Å². The number of hydrogen-bond acceptors (Lipinski definition) is 3. The highest BCUT2D eigenvalue weighted by molar-refractivity contribution is 5.50. The van der Waals surface area contributed by atoms with Crippen LogP contribution in [0.4, 0.5) is 0 Å². The van der Waals surface area contributed by atoms with Crippen molar-refractivity contribution in [2.24, 2.45) is 46.3 Å². The molecule has 9 atom stereocenters. The molecule has 0 saturated heterocycles. The van der Waals surface area contributed by atoms with Gasteiger partial charge in [-0.3, -0.25) is 0 Å². The Morgan fingerprint density at radius 3 is 2.36 bits per heavy atom. The number of aldehydes is 2. The van der Waals surface area contributed by atoms with Crippen molar-refractivity contribution in [3.63, 3.8) is 0 Å². The summed E-state index contributed by atoms with van der Waals surface area (Å²) >= 11 is 0. The highest BCUT2D eigenvalue weighted by Crippen LogP contribution is 2.65. The van der Waals surface area contributed by atoms with E-state index in [0.29, 0.717) is 41.9 Å². The van der Waals surface area contributed by atoms with Crippen molar-refractivity contribution < 1.29 is 14.7 Å². The van der Waals surface area contributed by atoms with Crippen molar-refractivity contribution in [1.82, 2.24) is 0 Å². The Kier molecular flexibility index (Phi) is 6.74. The molecule has 28 heavy (non-hydrogen) atoms. The van der Waals surface area contributed by atoms with E-state index in [1.807, 2.05) is 0 Å². The van der Waals surface area contributed by atoms with E-state index in [1.165, 1.54) is 25.7 Å². The lowest BCUT2D eigenvalue weighted by molar-refractivity contribution is -0.117. The number of carbonyl (C=O) groups excluding carboxylic acids is 2. The van der Waals surface area contributed by atoms with Crippen LogP contribution in [-0.4, -0.2) is 23.8 Å². The average Bonchev–Trinajstić information content (AvgIpc) is 3.01. The molecule has 3 fully saturated rings. The lowest BCUT2D eigenvalue weighted by Crippen LogP contribution is -2.50. The first kappa shape index (κ1) is 22.0. The van der Waals surface area contributed by atoms with Crippen molar-refractivity contribution in [2.45, 2.75) is 98.0 Å². The molecule has 0 radical (unpaired) electrons. The molecule has 0 aromatic heterocycles. The minimum absolute atomic E-state index is 0.183. The topological polar surface area (TPSA) is 54.4 Å². The summed E-state index contributed by atoms with van der Waals surface area (Å²) in [6.45, 7) is 9.81. The van der Waals surface area contributed by atoms with Gasteiger partial charge in [-0.1, -0.05) is 27.7 Å². The van der Waals surface area contributed by atoms with Gasteiger partial charge < -0.3 is 14.7 Å². The zero-order valence-electron chi connectivity index (χ0n) is 18.5. The molecule has 6 unspecified atom stereocenters. The summed E-state index contributed by atoms with van der Waals surface area (Å²) in [7, 11) is 0. The summed E-state index contributed by atoms with van der Waals surface area (Å²) in [4.78, 5) is 22.2. The Hall–Kier alpha value is -0.700. The summed E-state index contributed by atoms with van der Waals surface area (Å²) < 4.78 is 0. The third-order valence-electron chi connectivity index (χ3n) is 9.91.